The Morgan fingerprint density at radius 1 is 1.31 bits per heavy atom. The predicted octanol–water partition coefficient (Wildman–Crippen LogP) is 2.47. The zero-order valence-electron chi connectivity index (χ0n) is 10.1. The molecule has 2 heteroatoms. The quantitative estimate of drug-likeness (QED) is 0.624. The van der Waals surface area contributed by atoms with Crippen molar-refractivity contribution < 1.29 is 5.11 Å². The van der Waals surface area contributed by atoms with E-state index in [1.165, 1.54) is 5.19 Å². The molecule has 0 heterocycles. The van der Waals surface area contributed by atoms with E-state index in [4.69, 9.17) is 0 Å². The molecule has 16 heavy (non-hydrogen) atoms. The molecule has 1 aliphatic carbocycles. The molecule has 0 aliphatic heterocycles. The highest BCUT2D eigenvalue weighted by molar-refractivity contribution is 6.92. The second kappa shape index (κ2) is 3.86. The molecule has 2 rings (SSSR count). The number of hydrogen-bond donors (Lipinski definition) is 1. The van der Waals surface area contributed by atoms with E-state index in [-0.39, 0.29) is 0 Å². The lowest BCUT2D eigenvalue weighted by atomic mass is 10.2. The highest BCUT2D eigenvalue weighted by Gasteiger charge is 2.53. The van der Waals surface area contributed by atoms with E-state index in [0.717, 1.165) is 12.8 Å². The topological polar surface area (TPSA) is 20.2 Å². The zero-order valence-corrected chi connectivity index (χ0v) is 11.1. The van der Waals surface area contributed by atoms with Crippen molar-refractivity contribution >= 4 is 13.3 Å². The van der Waals surface area contributed by atoms with Crippen molar-refractivity contribution in [3.8, 4) is 0 Å². The van der Waals surface area contributed by atoms with Crippen molar-refractivity contribution in [3.05, 3.63) is 43.0 Å². The molecule has 1 aromatic rings. The second-order valence-electron chi connectivity index (χ2n) is 5.29. The molecule has 1 aliphatic rings. The lowest BCUT2D eigenvalue weighted by molar-refractivity contribution is 0.143. The summed E-state index contributed by atoms with van der Waals surface area (Å²) in [6.07, 6.45) is 4.08. The Labute approximate surface area is 98.8 Å². The molecule has 1 saturated carbocycles. The van der Waals surface area contributed by atoms with Gasteiger partial charge in [-0.05, 0) is 18.8 Å². The van der Waals surface area contributed by atoms with Crippen molar-refractivity contribution in [1.82, 2.24) is 0 Å². The van der Waals surface area contributed by atoms with Gasteiger partial charge in [0.05, 0.1) is 5.22 Å². The summed E-state index contributed by atoms with van der Waals surface area (Å²) in [7, 11) is -1.90. The van der Waals surface area contributed by atoms with Crippen molar-refractivity contribution in [1.29, 1.82) is 0 Å². The Bertz CT molecular complexity index is 381. The summed E-state index contributed by atoms with van der Waals surface area (Å²) in [5, 5.41) is 11.5. The van der Waals surface area contributed by atoms with Crippen LogP contribution in [0.1, 0.15) is 12.8 Å². The van der Waals surface area contributed by atoms with Gasteiger partial charge in [0.2, 0.25) is 0 Å². The van der Waals surface area contributed by atoms with Crippen LogP contribution in [0.15, 0.2) is 43.0 Å². The van der Waals surface area contributed by atoms with E-state index in [0.29, 0.717) is 5.92 Å². The first-order valence-corrected chi connectivity index (χ1v) is 8.94. The summed E-state index contributed by atoms with van der Waals surface area (Å²) in [5.74, 6) is 0.437. The Hall–Kier alpha value is -0.863. The van der Waals surface area contributed by atoms with Crippen LogP contribution in [-0.2, 0) is 0 Å². The summed E-state index contributed by atoms with van der Waals surface area (Å²) < 4.78 is 0. The fourth-order valence-electron chi connectivity index (χ4n) is 2.54. The van der Waals surface area contributed by atoms with Crippen LogP contribution in [0.3, 0.4) is 0 Å². The summed E-state index contributed by atoms with van der Waals surface area (Å²) >= 11 is 0. The molecule has 1 N–H and O–H groups in total. The second-order valence-corrected chi connectivity index (χ2v) is 9.92. The molecular formula is C14H20OSi. The minimum Gasteiger partial charge on any atom is -0.389 e. The van der Waals surface area contributed by atoms with E-state index >= 15 is 0 Å². The van der Waals surface area contributed by atoms with Crippen molar-refractivity contribution in [2.24, 2.45) is 5.92 Å². The van der Waals surface area contributed by atoms with Crippen molar-refractivity contribution in [3.63, 3.8) is 0 Å². The van der Waals surface area contributed by atoms with Crippen LogP contribution in [0.5, 0.6) is 0 Å². The maximum Gasteiger partial charge on any atom is 0.122 e. The number of hydrogen-bond acceptors (Lipinski definition) is 1. The molecular weight excluding hydrogens is 212 g/mol. The lowest BCUT2D eigenvalue weighted by Crippen LogP contribution is -2.62. The molecule has 1 atom stereocenters. The monoisotopic (exact) mass is 232 g/mol. The van der Waals surface area contributed by atoms with Gasteiger partial charge in [-0.3, -0.25) is 0 Å². The zero-order chi connectivity index (χ0) is 11.8. The molecule has 0 bridgehead atoms. The normalized spacial score (nSPS) is 20.2. The van der Waals surface area contributed by atoms with Gasteiger partial charge in [-0.1, -0.05) is 54.7 Å². The average Bonchev–Trinajstić information content (AvgIpc) is 3.13. The molecule has 0 radical (unpaired) electrons. The van der Waals surface area contributed by atoms with Crippen molar-refractivity contribution in [2.45, 2.75) is 31.2 Å². The highest BCUT2D eigenvalue weighted by Crippen LogP contribution is 2.45. The summed E-state index contributed by atoms with van der Waals surface area (Å²) in [6, 6.07) is 10.4. The highest BCUT2D eigenvalue weighted by atomic mass is 28.3. The fourth-order valence-corrected chi connectivity index (χ4v) is 5.85. The van der Waals surface area contributed by atoms with E-state index < -0.39 is 13.3 Å². The predicted molar refractivity (Wildman–Crippen MR) is 71.4 cm³/mol. The maximum atomic E-state index is 10.9. The van der Waals surface area contributed by atoms with E-state index in [9.17, 15) is 5.11 Å². The van der Waals surface area contributed by atoms with Gasteiger partial charge in [-0.25, -0.2) is 0 Å². The molecule has 1 aromatic carbocycles. The Morgan fingerprint density at radius 3 is 2.31 bits per heavy atom. The summed E-state index contributed by atoms with van der Waals surface area (Å²) in [4.78, 5) is 0. The van der Waals surface area contributed by atoms with E-state index in [1.807, 2.05) is 6.07 Å². The average molecular weight is 232 g/mol. The maximum absolute atomic E-state index is 10.9. The molecule has 1 fully saturated rings. The van der Waals surface area contributed by atoms with Crippen LogP contribution in [0.25, 0.3) is 0 Å². The lowest BCUT2D eigenvalue weighted by Gasteiger charge is -2.39. The standard InChI is InChI=1S/C14H20OSi/c1-4-14(15,12-10-11-12)16(2,3)13-8-6-5-7-9-13/h4-9,12,15H,1,10-11H2,2-3H3. The minimum atomic E-state index is -1.90. The third kappa shape index (κ3) is 1.66. The summed E-state index contributed by atoms with van der Waals surface area (Å²) in [5.41, 5.74) is 0. The first-order chi connectivity index (χ1) is 7.52. The minimum absolute atomic E-state index is 0.437. The molecule has 0 saturated heterocycles. The van der Waals surface area contributed by atoms with Gasteiger partial charge in [0, 0.05) is 0 Å². The number of aliphatic hydroxyl groups is 1. The Balaban J connectivity index is 2.40. The van der Waals surface area contributed by atoms with E-state index in [1.54, 1.807) is 6.08 Å². The first-order valence-electron chi connectivity index (χ1n) is 5.94. The van der Waals surface area contributed by atoms with Crippen LogP contribution in [0.4, 0.5) is 0 Å². The van der Waals surface area contributed by atoms with Crippen LogP contribution in [0, 0.1) is 5.92 Å². The molecule has 0 spiro atoms. The molecule has 86 valence electrons. The third-order valence-electron chi connectivity index (χ3n) is 4.01. The first kappa shape index (κ1) is 11.6. The van der Waals surface area contributed by atoms with E-state index in [2.05, 4.69) is 43.9 Å². The van der Waals surface area contributed by atoms with Crippen LogP contribution in [0.2, 0.25) is 13.1 Å². The van der Waals surface area contributed by atoms with Crippen LogP contribution >= 0.6 is 0 Å². The third-order valence-corrected chi connectivity index (χ3v) is 8.40. The number of rotatable bonds is 4. The van der Waals surface area contributed by atoms with Gasteiger partial charge >= 0.3 is 0 Å². The van der Waals surface area contributed by atoms with Gasteiger partial charge in [0.25, 0.3) is 0 Å². The van der Waals surface area contributed by atoms with Gasteiger partial charge in [-0.2, -0.15) is 0 Å². The van der Waals surface area contributed by atoms with Gasteiger partial charge < -0.3 is 5.11 Å². The summed E-state index contributed by atoms with van der Waals surface area (Å²) in [6.45, 7) is 8.35. The van der Waals surface area contributed by atoms with Gasteiger partial charge in [0.1, 0.15) is 8.07 Å². The van der Waals surface area contributed by atoms with Gasteiger partial charge in [-0.15, -0.1) is 6.58 Å². The van der Waals surface area contributed by atoms with Crippen LogP contribution in [-0.4, -0.2) is 18.4 Å². The SMILES string of the molecule is C=CC(O)(C1CC1)[Si](C)(C)c1ccccc1. The van der Waals surface area contributed by atoms with Gasteiger partial charge in [0.15, 0.2) is 0 Å². The Kier molecular flexibility index (Phi) is 2.80. The van der Waals surface area contributed by atoms with Crippen LogP contribution < -0.4 is 5.19 Å². The fraction of sp³-hybridized carbons (Fsp3) is 0.429. The Morgan fingerprint density at radius 2 is 1.88 bits per heavy atom. The largest absolute Gasteiger partial charge is 0.389 e. The smallest absolute Gasteiger partial charge is 0.122 e. The molecule has 1 unspecified atom stereocenters. The van der Waals surface area contributed by atoms with Crippen molar-refractivity contribution in [2.75, 3.05) is 0 Å². The molecule has 0 amide bonds. The molecule has 0 aromatic heterocycles. The molecule has 1 nitrogen and oxygen atoms in total. The number of benzene rings is 1.